The summed E-state index contributed by atoms with van der Waals surface area (Å²) < 4.78 is 0. The summed E-state index contributed by atoms with van der Waals surface area (Å²) in [5, 5.41) is 4.72. The van der Waals surface area contributed by atoms with E-state index in [1.807, 2.05) is 26.1 Å². The number of hydrogen-bond donors (Lipinski definition) is 2. The molecule has 2 aromatic rings. The Hall–Kier alpha value is -2.29. The van der Waals surface area contributed by atoms with Crippen molar-refractivity contribution in [3.8, 4) is 0 Å². The fourth-order valence-electron chi connectivity index (χ4n) is 3.12. The Balaban J connectivity index is 2.30. The standard InChI is InChI=1S/C22H31N3/c1-6-9-17(12-16(4)5)20-13-18-15-23-22(14-21(18)25-20)24-19(10-7-2)11-8-3/h6,9,12-15,19,25H,4,7-8,10-11H2,1-3,5H3,(H,23,24)/b9-6?,17-12+. The zero-order valence-corrected chi connectivity index (χ0v) is 16.0. The van der Waals surface area contributed by atoms with E-state index in [0.717, 1.165) is 33.6 Å². The second-order valence-corrected chi connectivity index (χ2v) is 6.70. The summed E-state index contributed by atoms with van der Waals surface area (Å²) in [7, 11) is 0. The highest BCUT2D eigenvalue weighted by Crippen LogP contribution is 2.24. The molecule has 0 aromatic carbocycles. The van der Waals surface area contributed by atoms with Gasteiger partial charge in [0.2, 0.25) is 0 Å². The number of rotatable bonds is 9. The summed E-state index contributed by atoms with van der Waals surface area (Å²) >= 11 is 0. The SMILES string of the molecule is C=C(C)/C=C(\C=CC)c1cc2cnc(NC(CCC)CCC)cc2[nH]1. The van der Waals surface area contributed by atoms with Gasteiger partial charge >= 0.3 is 0 Å². The van der Waals surface area contributed by atoms with E-state index in [-0.39, 0.29) is 0 Å². The van der Waals surface area contributed by atoms with Crippen molar-refractivity contribution in [1.82, 2.24) is 9.97 Å². The average Bonchev–Trinajstić information content (AvgIpc) is 2.98. The lowest BCUT2D eigenvalue weighted by atomic mass is 10.1. The molecule has 2 heterocycles. The molecule has 0 radical (unpaired) electrons. The predicted octanol–water partition coefficient (Wildman–Crippen LogP) is 6.48. The van der Waals surface area contributed by atoms with E-state index < -0.39 is 0 Å². The van der Waals surface area contributed by atoms with E-state index in [9.17, 15) is 0 Å². The van der Waals surface area contributed by atoms with Gasteiger partial charge in [-0.15, -0.1) is 0 Å². The zero-order chi connectivity index (χ0) is 18.2. The fraction of sp³-hybridized carbons (Fsp3) is 0.409. The van der Waals surface area contributed by atoms with Crippen LogP contribution < -0.4 is 5.32 Å². The first-order valence-corrected chi connectivity index (χ1v) is 9.32. The number of anilines is 1. The Labute approximate surface area is 151 Å². The topological polar surface area (TPSA) is 40.7 Å². The smallest absolute Gasteiger partial charge is 0.128 e. The van der Waals surface area contributed by atoms with Crippen molar-refractivity contribution in [3.63, 3.8) is 0 Å². The van der Waals surface area contributed by atoms with Crippen LogP contribution in [0.15, 0.2) is 48.7 Å². The Morgan fingerprint density at radius 2 is 2.00 bits per heavy atom. The quantitative estimate of drug-likeness (QED) is 0.514. The maximum absolute atomic E-state index is 4.60. The van der Waals surface area contributed by atoms with Crippen LogP contribution in [-0.2, 0) is 0 Å². The Kier molecular flexibility index (Phi) is 7.05. The van der Waals surface area contributed by atoms with Gasteiger partial charge in [-0.2, -0.15) is 0 Å². The molecule has 25 heavy (non-hydrogen) atoms. The minimum Gasteiger partial charge on any atom is -0.367 e. The molecule has 0 saturated carbocycles. The van der Waals surface area contributed by atoms with Gasteiger partial charge in [0.1, 0.15) is 5.82 Å². The molecule has 0 bridgehead atoms. The summed E-state index contributed by atoms with van der Waals surface area (Å²) in [6, 6.07) is 4.76. The van der Waals surface area contributed by atoms with Crippen LogP contribution in [0.4, 0.5) is 5.82 Å². The van der Waals surface area contributed by atoms with Gasteiger partial charge in [-0.05, 0) is 38.3 Å². The molecule has 2 rings (SSSR count). The van der Waals surface area contributed by atoms with Crippen LogP contribution in [0.25, 0.3) is 16.5 Å². The van der Waals surface area contributed by atoms with Gasteiger partial charge in [-0.3, -0.25) is 0 Å². The number of aromatic nitrogens is 2. The number of nitrogens with one attached hydrogen (secondary N) is 2. The van der Waals surface area contributed by atoms with Crippen molar-refractivity contribution >= 4 is 22.3 Å². The molecule has 0 unspecified atom stereocenters. The third kappa shape index (κ3) is 5.35. The Bertz CT molecular complexity index is 759. The predicted molar refractivity (Wildman–Crippen MR) is 111 cm³/mol. The van der Waals surface area contributed by atoms with E-state index in [0.29, 0.717) is 6.04 Å². The van der Waals surface area contributed by atoms with E-state index in [1.165, 1.54) is 25.7 Å². The van der Waals surface area contributed by atoms with Gasteiger partial charge in [0, 0.05) is 29.4 Å². The minimum atomic E-state index is 0.497. The molecular weight excluding hydrogens is 306 g/mol. The molecule has 3 heteroatoms. The Morgan fingerprint density at radius 1 is 1.28 bits per heavy atom. The maximum atomic E-state index is 4.60. The lowest BCUT2D eigenvalue weighted by Crippen LogP contribution is -2.19. The maximum Gasteiger partial charge on any atom is 0.128 e. The van der Waals surface area contributed by atoms with Crippen molar-refractivity contribution in [3.05, 3.63) is 54.4 Å². The summed E-state index contributed by atoms with van der Waals surface area (Å²) in [5.41, 5.74) is 4.37. The van der Waals surface area contributed by atoms with Crippen LogP contribution in [0.1, 0.15) is 59.1 Å². The fourth-order valence-corrected chi connectivity index (χ4v) is 3.12. The van der Waals surface area contributed by atoms with Crippen molar-refractivity contribution in [2.24, 2.45) is 0 Å². The summed E-state index contributed by atoms with van der Waals surface area (Å²) in [4.78, 5) is 8.13. The van der Waals surface area contributed by atoms with Crippen molar-refractivity contribution < 1.29 is 0 Å². The second-order valence-electron chi connectivity index (χ2n) is 6.70. The Morgan fingerprint density at radius 3 is 2.60 bits per heavy atom. The number of H-pyrrole nitrogens is 1. The monoisotopic (exact) mass is 337 g/mol. The molecule has 0 saturated heterocycles. The lowest BCUT2D eigenvalue weighted by Gasteiger charge is -2.17. The van der Waals surface area contributed by atoms with Crippen LogP contribution in [0.3, 0.4) is 0 Å². The van der Waals surface area contributed by atoms with Crippen LogP contribution in [-0.4, -0.2) is 16.0 Å². The zero-order valence-electron chi connectivity index (χ0n) is 16.0. The highest BCUT2D eigenvalue weighted by atomic mass is 15.0. The van der Waals surface area contributed by atoms with Gasteiger partial charge in [-0.1, -0.05) is 57.1 Å². The molecule has 0 spiro atoms. The summed E-state index contributed by atoms with van der Waals surface area (Å²) in [6.07, 6.45) is 12.9. The average molecular weight is 338 g/mol. The number of allylic oxidation sites excluding steroid dienone is 5. The number of aromatic amines is 1. The van der Waals surface area contributed by atoms with Crippen LogP contribution in [0.2, 0.25) is 0 Å². The minimum absolute atomic E-state index is 0.497. The van der Waals surface area contributed by atoms with Crippen LogP contribution in [0.5, 0.6) is 0 Å². The van der Waals surface area contributed by atoms with Gasteiger partial charge in [-0.25, -0.2) is 4.98 Å². The van der Waals surface area contributed by atoms with E-state index in [2.05, 4.69) is 60.0 Å². The second kappa shape index (κ2) is 9.26. The summed E-state index contributed by atoms with van der Waals surface area (Å²) in [5.74, 6) is 0.948. The molecule has 2 N–H and O–H groups in total. The van der Waals surface area contributed by atoms with Crippen molar-refractivity contribution in [1.29, 1.82) is 0 Å². The number of pyridine rings is 1. The number of fused-ring (bicyclic) bond motifs is 1. The molecule has 2 aromatic heterocycles. The molecule has 0 aliphatic rings. The van der Waals surface area contributed by atoms with Crippen LogP contribution in [0, 0.1) is 0 Å². The molecule has 0 aliphatic heterocycles. The molecule has 3 nitrogen and oxygen atoms in total. The first-order chi connectivity index (χ1) is 12.1. The molecule has 0 atom stereocenters. The van der Waals surface area contributed by atoms with Crippen molar-refractivity contribution in [2.45, 2.75) is 59.4 Å². The molecule has 0 fully saturated rings. The largest absolute Gasteiger partial charge is 0.367 e. The van der Waals surface area contributed by atoms with Crippen molar-refractivity contribution in [2.75, 3.05) is 5.32 Å². The number of nitrogens with zero attached hydrogens (tertiary/aromatic N) is 1. The van der Waals surface area contributed by atoms with E-state index in [4.69, 9.17) is 0 Å². The third-order valence-corrected chi connectivity index (χ3v) is 4.19. The van der Waals surface area contributed by atoms with Crippen LogP contribution >= 0.6 is 0 Å². The highest BCUT2D eigenvalue weighted by molar-refractivity contribution is 5.88. The lowest BCUT2D eigenvalue weighted by molar-refractivity contribution is 0.584. The van der Waals surface area contributed by atoms with E-state index in [1.54, 1.807) is 0 Å². The first-order valence-electron chi connectivity index (χ1n) is 9.32. The summed E-state index contributed by atoms with van der Waals surface area (Å²) in [6.45, 7) is 12.5. The van der Waals surface area contributed by atoms with Gasteiger partial charge < -0.3 is 10.3 Å². The van der Waals surface area contributed by atoms with Gasteiger partial charge in [0.15, 0.2) is 0 Å². The van der Waals surface area contributed by atoms with Gasteiger partial charge in [0.05, 0.1) is 5.52 Å². The first kappa shape index (κ1) is 19.0. The van der Waals surface area contributed by atoms with E-state index >= 15 is 0 Å². The third-order valence-electron chi connectivity index (χ3n) is 4.19. The highest BCUT2D eigenvalue weighted by Gasteiger charge is 2.09. The molecule has 0 amide bonds. The molecule has 134 valence electrons. The molecular formula is C22H31N3. The van der Waals surface area contributed by atoms with Gasteiger partial charge in [0.25, 0.3) is 0 Å². The normalized spacial score (nSPS) is 12.4. The number of hydrogen-bond acceptors (Lipinski definition) is 2. The molecule has 0 aliphatic carbocycles.